The standard InChI is InChI=1S/C10H15N3O/c1-3-8-4-7(2)11-10(12-8)13-9-5-14-6-9/h4,9H,3,5-6H2,1-2H3,(H,11,12,13). The number of hydrogen-bond acceptors (Lipinski definition) is 4. The molecule has 1 saturated heterocycles. The van der Waals surface area contributed by atoms with Crippen LogP contribution in [0.1, 0.15) is 18.3 Å². The van der Waals surface area contributed by atoms with Crippen molar-refractivity contribution in [2.24, 2.45) is 0 Å². The molecule has 0 atom stereocenters. The quantitative estimate of drug-likeness (QED) is 0.782. The molecule has 1 aliphatic heterocycles. The average molecular weight is 193 g/mol. The number of nitrogens with one attached hydrogen (secondary N) is 1. The van der Waals surface area contributed by atoms with Crippen LogP contribution in [0.3, 0.4) is 0 Å². The van der Waals surface area contributed by atoms with Gasteiger partial charge in [-0.05, 0) is 19.4 Å². The van der Waals surface area contributed by atoms with Gasteiger partial charge in [0.1, 0.15) is 0 Å². The zero-order valence-corrected chi connectivity index (χ0v) is 8.58. The second-order valence-electron chi connectivity index (χ2n) is 3.56. The maximum absolute atomic E-state index is 5.08. The summed E-state index contributed by atoms with van der Waals surface area (Å²) in [6.45, 7) is 5.61. The smallest absolute Gasteiger partial charge is 0.223 e. The van der Waals surface area contributed by atoms with Crippen LogP contribution < -0.4 is 5.32 Å². The van der Waals surface area contributed by atoms with Crippen LogP contribution in [0.25, 0.3) is 0 Å². The Labute approximate surface area is 83.7 Å². The van der Waals surface area contributed by atoms with Crippen molar-refractivity contribution >= 4 is 5.95 Å². The van der Waals surface area contributed by atoms with Crippen LogP contribution in [0, 0.1) is 6.92 Å². The molecule has 1 N–H and O–H groups in total. The third kappa shape index (κ3) is 2.01. The molecule has 0 bridgehead atoms. The number of ether oxygens (including phenoxy) is 1. The maximum atomic E-state index is 5.08. The summed E-state index contributed by atoms with van der Waals surface area (Å²) in [7, 11) is 0. The predicted molar refractivity (Wildman–Crippen MR) is 54.4 cm³/mol. The van der Waals surface area contributed by atoms with Gasteiger partial charge >= 0.3 is 0 Å². The Morgan fingerprint density at radius 2 is 2.29 bits per heavy atom. The number of rotatable bonds is 3. The molecule has 1 fully saturated rings. The average Bonchev–Trinajstić information content (AvgIpc) is 2.10. The van der Waals surface area contributed by atoms with Crippen LogP contribution in [0.5, 0.6) is 0 Å². The lowest BCUT2D eigenvalue weighted by atomic mass is 10.2. The minimum atomic E-state index is 0.390. The number of aryl methyl sites for hydroxylation is 2. The van der Waals surface area contributed by atoms with Crippen LogP contribution in [-0.2, 0) is 11.2 Å². The first-order valence-corrected chi connectivity index (χ1v) is 4.96. The first-order chi connectivity index (χ1) is 6.78. The second kappa shape index (κ2) is 3.92. The van der Waals surface area contributed by atoms with E-state index in [0.29, 0.717) is 6.04 Å². The molecule has 0 amide bonds. The minimum absolute atomic E-state index is 0.390. The van der Waals surface area contributed by atoms with E-state index in [9.17, 15) is 0 Å². The van der Waals surface area contributed by atoms with E-state index < -0.39 is 0 Å². The van der Waals surface area contributed by atoms with E-state index in [-0.39, 0.29) is 0 Å². The highest BCUT2D eigenvalue weighted by molar-refractivity contribution is 5.30. The topological polar surface area (TPSA) is 47.0 Å². The SMILES string of the molecule is CCc1cc(C)nc(NC2COC2)n1. The molecule has 2 rings (SSSR count). The molecule has 0 unspecified atom stereocenters. The fourth-order valence-corrected chi connectivity index (χ4v) is 1.38. The number of hydrogen-bond donors (Lipinski definition) is 1. The zero-order chi connectivity index (χ0) is 9.97. The van der Waals surface area contributed by atoms with Gasteiger partial charge in [-0.1, -0.05) is 6.92 Å². The van der Waals surface area contributed by atoms with E-state index in [1.165, 1.54) is 0 Å². The van der Waals surface area contributed by atoms with E-state index in [4.69, 9.17) is 4.74 Å². The molecular weight excluding hydrogens is 178 g/mol. The normalized spacial score (nSPS) is 16.4. The molecule has 0 spiro atoms. The van der Waals surface area contributed by atoms with Gasteiger partial charge < -0.3 is 10.1 Å². The van der Waals surface area contributed by atoms with Gasteiger partial charge in [0.2, 0.25) is 5.95 Å². The summed E-state index contributed by atoms with van der Waals surface area (Å²) in [5, 5.41) is 3.25. The molecule has 4 nitrogen and oxygen atoms in total. The van der Waals surface area contributed by atoms with Gasteiger partial charge in [-0.3, -0.25) is 0 Å². The summed E-state index contributed by atoms with van der Waals surface area (Å²) in [4.78, 5) is 8.72. The number of anilines is 1. The van der Waals surface area contributed by atoms with Gasteiger partial charge in [-0.15, -0.1) is 0 Å². The first-order valence-electron chi connectivity index (χ1n) is 4.96. The number of aromatic nitrogens is 2. The van der Waals surface area contributed by atoms with Crippen molar-refractivity contribution in [2.45, 2.75) is 26.3 Å². The predicted octanol–water partition coefficient (Wildman–Crippen LogP) is 1.16. The Balaban J connectivity index is 2.11. The van der Waals surface area contributed by atoms with E-state index in [2.05, 4.69) is 22.2 Å². The summed E-state index contributed by atoms with van der Waals surface area (Å²) in [6.07, 6.45) is 0.944. The molecule has 0 radical (unpaired) electrons. The molecule has 1 aromatic rings. The maximum Gasteiger partial charge on any atom is 0.223 e. The Morgan fingerprint density at radius 1 is 1.50 bits per heavy atom. The molecule has 0 aromatic carbocycles. The largest absolute Gasteiger partial charge is 0.377 e. The number of nitrogens with zero attached hydrogens (tertiary/aromatic N) is 2. The summed E-state index contributed by atoms with van der Waals surface area (Å²) < 4.78 is 5.08. The molecule has 0 aliphatic carbocycles. The van der Waals surface area contributed by atoms with Gasteiger partial charge in [-0.2, -0.15) is 0 Å². The second-order valence-corrected chi connectivity index (χ2v) is 3.56. The summed E-state index contributed by atoms with van der Waals surface area (Å²) in [5.74, 6) is 0.732. The van der Waals surface area contributed by atoms with Crippen molar-refractivity contribution in [2.75, 3.05) is 18.5 Å². The zero-order valence-electron chi connectivity index (χ0n) is 8.58. The summed E-state index contributed by atoms with van der Waals surface area (Å²) in [6, 6.07) is 2.41. The van der Waals surface area contributed by atoms with Gasteiger partial charge in [0.05, 0.1) is 19.3 Å². The Kier molecular flexibility index (Phi) is 2.63. The highest BCUT2D eigenvalue weighted by atomic mass is 16.5. The van der Waals surface area contributed by atoms with Crippen molar-refractivity contribution < 1.29 is 4.74 Å². The van der Waals surface area contributed by atoms with E-state index in [1.807, 2.05) is 13.0 Å². The van der Waals surface area contributed by atoms with E-state index in [0.717, 1.165) is 37.0 Å². The van der Waals surface area contributed by atoms with Gasteiger partial charge in [0, 0.05) is 11.4 Å². The molecule has 76 valence electrons. The Morgan fingerprint density at radius 3 is 2.86 bits per heavy atom. The lowest BCUT2D eigenvalue weighted by molar-refractivity contribution is 0.0207. The molecular formula is C10H15N3O. The van der Waals surface area contributed by atoms with Crippen molar-refractivity contribution in [3.63, 3.8) is 0 Å². The Hall–Kier alpha value is -1.16. The van der Waals surface area contributed by atoms with Gasteiger partial charge in [0.25, 0.3) is 0 Å². The van der Waals surface area contributed by atoms with E-state index >= 15 is 0 Å². The summed E-state index contributed by atoms with van der Waals surface area (Å²) in [5.41, 5.74) is 2.10. The molecule has 0 saturated carbocycles. The van der Waals surface area contributed by atoms with Gasteiger partial charge in [0.15, 0.2) is 0 Å². The molecule has 4 heteroatoms. The van der Waals surface area contributed by atoms with E-state index in [1.54, 1.807) is 0 Å². The third-order valence-electron chi connectivity index (χ3n) is 2.24. The first kappa shape index (κ1) is 9.40. The molecule has 1 aromatic heterocycles. The fourth-order valence-electron chi connectivity index (χ4n) is 1.38. The van der Waals surface area contributed by atoms with Crippen molar-refractivity contribution in [1.29, 1.82) is 0 Å². The molecule has 14 heavy (non-hydrogen) atoms. The van der Waals surface area contributed by atoms with Crippen LogP contribution in [0.4, 0.5) is 5.95 Å². The van der Waals surface area contributed by atoms with Gasteiger partial charge in [-0.25, -0.2) is 9.97 Å². The third-order valence-corrected chi connectivity index (χ3v) is 2.24. The lowest BCUT2D eigenvalue weighted by Crippen LogP contribution is -2.40. The minimum Gasteiger partial charge on any atom is -0.377 e. The summed E-state index contributed by atoms with van der Waals surface area (Å²) >= 11 is 0. The monoisotopic (exact) mass is 193 g/mol. The van der Waals surface area contributed by atoms with Crippen LogP contribution in [-0.4, -0.2) is 29.2 Å². The fraction of sp³-hybridized carbons (Fsp3) is 0.600. The molecule has 2 heterocycles. The Bertz CT molecular complexity index is 323. The lowest BCUT2D eigenvalue weighted by Gasteiger charge is -2.26. The highest BCUT2D eigenvalue weighted by Crippen LogP contribution is 2.10. The van der Waals surface area contributed by atoms with Crippen molar-refractivity contribution in [1.82, 2.24) is 9.97 Å². The molecule has 1 aliphatic rings. The van der Waals surface area contributed by atoms with Crippen molar-refractivity contribution in [3.05, 3.63) is 17.5 Å². The van der Waals surface area contributed by atoms with Crippen molar-refractivity contribution in [3.8, 4) is 0 Å². The highest BCUT2D eigenvalue weighted by Gasteiger charge is 2.18. The van der Waals surface area contributed by atoms with Crippen LogP contribution >= 0.6 is 0 Å². The van der Waals surface area contributed by atoms with Crippen LogP contribution in [0.15, 0.2) is 6.07 Å². The van der Waals surface area contributed by atoms with Crippen LogP contribution in [0.2, 0.25) is 0 Å².